The average Bonchev–Trinajstić information content (AvgIpc) is 2.46. The normalized spacial score (nSPS) is 22.1. The number of carboxylic acids is 1. The van der Waals surface area contributed by atoms with E-state index >= 15 is 0 Å². The van der Waals surface area contributed by atoms with Gasteiger partial charge in [0.15, 0.2) is 0 Å². The zero-order valence-electron chi connectivity index (χ0n) is 11.8. The number of urea groups is 1. The van der Waals surface area contributed by atoms with Crippen LogP contribution in [0.2, 0.25) is 0 Å². The summed E-state index contributed by atoms with van der Waals surface area (Å²) in [6, 6.07) is 0.0774. The van der Waals surface area contributed by atoms with Crippen LogP contribution in [-0.2, 0) is 4.79 Å². The second-order valence-electron chi connectivity index (χ2n) is 5.86. The van der Waals surface area contributed by atoms with Crippen molar-refractivity contribution in [3.05, 3.63) is 0 Å². The van der Waals surface area contributed by atoms with Crippen molar-refractivity contribution in [1.82, 2.24) is 9.80 Å². The maximum Gasteiger partial charge on any atom is 0.320 e. The summed E-state index contributed by atoms with van der Waals surface area (Å²) in [5.41, 5.74) is 0. The number of amides is 2. The van der Waals surface area contributed by atoms with Crippen LogP contribution < -0.4 is 0 Å². The maximum atomic E-state index is 12.3. The zero-order valence-corrected chi connectivity index (χ0v) is 11.8. The summed E-state index contributed by atoms with van der Waals surface area (Å²) in [4.78, 5) is 26.6. The minimum Gasteiger partial charge on any atom is -0.481 e. The molecule has 0 aromatic heterocycles. The Morgan fingerprint density at radius 1 is 0.950 bits per heavy atom. The van der Waals surface area contributed by atoms with Crippen molar-refractivity contribution in [2.45, 2.75) is 44.6 Å². The van der Waals surface area contributed by atoms with E-state index in [2.05, 4.69) is 0 Å². The Labute approximate surface area is 119 Å². The van der Waals surface area contributed by atoms with Crippen molar-refractivity contribution in [2.24, 2.45) is 5.92 Å². The molecular weight excluding hydrogens is 260 g/mol. The van der Waals surface area contributed by atoms with Crippen LogP contribution in [0.4, 0.5) is 4.79 Å². The number of aliphatic hydroxyl groups excluding tert-OH is 1. The predicted octanol–water partition coefficient (Wildman–Crippen LogP) is 1.14. The number of carbonyl (C=O) groups is 2. The third kappa shape index (κ3) is 4.10. The highest BCUT2D eigenvalue weighted by atomic mass is 16.4. The molecule has 0 aromatic rings. The van der Waals surface area contributed by atoms with E-state index in [-0.39, 0.29) is 18.6 Å². The van der Waals surface area contributed by atoms with Gasteiger partial charge in [0.2, 0.25) is 0 Å². The summed E-state index contributed by atoms with van der Waals surface area (Å²) < 4.78 is 0. The smallest absolute Gasteiger partial charge is 0.320 e. The first kappa shape index (κ1) is 15.1. The van der Waals surface area contributed by atoms with Crippen molar-refractivity contribution >= 4 is 12.0 Å². The molecule has 0 bridgehead atoms. The fourth-order valence-electron chi connectivity index (χ4n) is 3.00. The van der Waals surface area contributed by atoms with E-state index < -0.39 is 5.97 Å². The maximum absolute atomic E-state index is 12.3. The van der Waals surface area contributed by atoms with Gasteiger partial charge in [-0.2, -0.15) is 0 Å². The first-order valence-corrected chi connectivity index (χ1v) is 7.50. The number of carboxylic acid groups (broad SMARTS) is 1. The highest BCUT2D eigenvalue weighted by Crippen LogP contribution is 2.23. The SMILES string of the molecule is O=C(O)CCC1CCN(C(=O)N2CCC(O)CC2)CC1. The number of nitrogens with zero attached hydrogens (tertiary/aromatic N) is 2. The molecule has 2 aliphatic heterocycles. The molecule has 0 spiro atoms. The second kappa shape index (κ2) is 6.92. The van der Waals surface area contributed by atoms with Crippen molar-refractivity contribution in [3.63, 3.8) is 0 Å². The Balaban J connectivity index is 1.73. The summed E-state index contributed by atoms with van der Waals surface area (Å²) >= 11 is 0. The molecule has 0 aliphatic carbocycles. The lowest BCUT2D eigenvalue weighted by Crippen LogP contribution is -2.49. The lowest BCUT2D eigenvalue weighted by atomic mass is 9.92. The highest BCUT2D eigenvalue weighted by molar-refractivity contribution is 5.74. The number of aliphatic hydroxyl groups is 1. The van der Waals surface area contributed by atoms with E-state index in [0.29, 0.717) is 38.3 Å². The molecule has 2 saturated heterocycles. The van der Waals surface area contributed by atoms with Gasteiger partial charge < -0.3 is 20.0 Å². The van der Waals surface area contributed by atoms with Crippen LogP contribution >= 0.6 is 0 Å². The molecule has 114 valence electrons. The van der Waals surface area contributed by atoms with E-state index in [1.165, 1.54) is 0 Å². The molecule has 2 aliphatic rings. The van der Waals surface area contributed by atoms with Crippen LogP contribution in [0.3, 0.4) is 0 Å². The lowest BCUT2D eigenvalue weighted by Gasteiger charge is -2.38. The monoisotopic (exact) mass is 284 g/mol. The number of piperidine rings is 2. The molecular formula is C14H24N2O4. The standard InChI is InChI=1S/C14H24N2O4/c17-12-5-9-16(10-6-12)14(20)15-7-3-11(4-8-15)1-2-13(18)19/h11-12,17H,1-10H2,(H,18,19). The van der Waals surface area contributed by atoms with Gasteiger partial charge in [0, 0.05) is 32.6 Å². The van der Waals surface area contributed by atoms with Crippen LogP contribution in [0, 0.1) is 5.92 Å². The lowest BCUT2D eigenvalue weighted by molar-refractivity contribution is -0.137. The molecule has 2 fully saturated rings. The molecule has 6 heteroatoms. The Bertz CT molecular complexity index is 345. The van der Waals surface area contributed by atoms with Gasteiger partial charge in [0.25, 0.3) is 0 Å². The number of aliphatic carboxylic acids is 1. The Morgan fingerprint density at radius 3 is 1.95 bits per heavy atom. The average molecular weight is 284 g/mol. The van der Waals surface area contributed by atoms with Gasteiger partial charge in [-0.25, -0.2) is 4.79 Å². The molecule has 20 heavy (non-hydrogen) atoms. The Morgan fingerprint density at radius 2 is 1.45 bits per heavy atom. The fourth-order valence-corrected chi connectivity index (χ4v) is 3.00. The Kier molecular flexibility index (Phi) is 5.23. The van der Waals surface area contributed by atoms with E-state index in [1.807, 2.05) is 9.80 Å². The van der Waals surface area contributed by atoms with Gasteiger partial charge in [0.05, 0.1) is 6.10 Å². The van der Waals surface area contributed by atoms with Crippen molar-refractivity contribution in [2.75, 3.05) is 26.2 Å². The molecule has 0 aromatic carbocycles. The van der Waals surface area contributed by atoms with Crippen molar-refractivity contribution in [3.8, 4) is 0 Å². The summed E-state index contributed by atoms with van der Waals surface area (Å²) in [5.74, 6) is -0.311. The molecule has 2 heterocycles. The zero-order chi connectivity index (χ0) is 14.5. The van der Waals surface area contributed by atoms with E-state index in [9.17, 15) is 14.7 Å². The number of hydrogen-bond donors (Lipinski definition) is 2. The van der Waals surface area contributed by atoms with Gasteiger partial charge in [-0.15, -0.1) is 0 Å². The second-order valence-corrected chi connectivity index (χ2v) is 5.86. The number of likely N-dealkylation sites (tertiary alicyclic amines) is 2. The molecule has 0 unspecified atom stereocenters. The van der Waals surface area contributed by atoms with Crippen LogP contribution in [0.15, 0.2) is 0 Å². The summed E-state index contributed by atoms with van der Waals surface area (Å²) in [7, 11) is 0. The van der Waals surface area contributed by atoms with Crippen molar-refractivity contribution < 1.29 is 19.8 Å². The van der Waals surface area contributed by atoms with Gasteiger partial charge >= 0.3 is 12.0 Å². The number of rotatable bonds is 3. The molecule has 6 nitrogen and oxygen atoms in total. The third-order valence-corrected chi connectivity index (χ3v) is 4.39. The largest absolute Gasteiger partial charge is 0.481 e. The molecule has 0 radical (unpaired) electrons. The van der Waals surface area contributed by atoms with E-state index in [0.717, 1.165) is 25.9 Å². The van der Waals surface area contributed by atoms with Gasteiger partial charge in [-0.3, -0.25) is 4.79 Å². The third-order valence-electron chi connectivity index (χ3n) is 4.39. The van der Waals surface area contributed by atoms with Crippen LogP contribution in [-0.4, -0.2) is 64.3 Å². The molecule has 2 rings (SSSR count). The minimum atomic E-state index is -0.740. The molecule has 0 saturated carbocycles. The molecule has 0 atom stereocenters. The van der Waals surface area contributed by atoms with Crippen LogP contribution in [0.25, 0.3) is 0 Å². The highest BCUT2D eigenvalue weighted by Gasteiger charge is 2.28. The predicted molar refractivity (Wildman–Crippen MR) is 73.4 cm³/mol. The van der Waals surface area contributed by atoms with Crippen molar-refractivity contribution in [1.29, 1.82) is 0 Å². The van der Waals surface area contributed by atoms with Gasteiger partial charge in [0.1, 0.15) is 0 Å². The quantitative estimate of drug-likeness (QED) is 0.814. The first-order chi connectivity index (χ1) is 9.56. The van der Waals surface area contributed by atoms with Gasteiger partial charge in [-0.1, -0.05) is 0 Å². The van der Waals surface area contributed by atoms with Gasteiger partial charge in [-0.05, 0) is 38.0 Å². The summed E-state index contributed by atoms with van der Waals surface area (Å²) in [6.45, 7) is 2.72. The minimum absolute atomic E-state index is 0.0774. The van der Waals surface area contributed by atoms with Crippen LogP contribution in [0.1, 0.15) is 38.5 Å². The topological polar surface area (TPSA) is 81.1 Å². The fraction of sp³-hybridized carbons (Fsp3) is 0.857. The summed E-state index contributed by atoms with van der Waals surface area (Å²) in [6.07, 6.45) is 3.81. The van der Waals surface area contributed by atoms with Crippen LogP contribution in [0.5, 0.6) is 0 Å². The molecule has 2 N–H and O–H groups in total. The molecule has 2 amide bonds. The Hall–Kier alpha value is -1.30. The van der Waals surface area contributed by atoms with E-state index in [4.69, 9.17) is 5.11 Å². The van der Waals surface area contributed by atoms with E-state index in [1.54, 1.807) is 0 Å². The summed E-state index contributed by atoms with van der Waals surface area (Å²) in [5, 5.41) is 18.1. The number of hydrogen-bond acceptors (Lipinski definition) is 3. The first-order valence-electron chi connectivity index (χ1n) is 7.50. The number of carbonyl (C=O) groups excluding carboxylic acids is 1.